The Morgan fingerprint density at radius 2 is 2.05 bits per heavy atom. The molecule has 0 saturated heterocycles. The van der Waals surface area contributed by atoms with Gasteiger partial charge in [0.05, 0.1) is 4.92 Å². The van der Waals surface area contributed by atoms with E-state index in [1.807, 2.05) is 0 Å². The van der Waals surface area contributed by atoms with Crippen molar-refractivity contribution < 1.29 is 9.72 Å². The molecule has 0 aliphatic heterocycles. The predicted molar refractivity (Wildman–Crippen MR) is 77.9 cm³/mol. The van der Waals surface area contributed by atoms with E-state index in [0.717, 1.165) is 19.6 Å². The molecule has 1 aromatic rings. The second-order valence-electron chi connectivity index (χ2n) is 4.31. The lowest BCUT2D eigenvalue weighted by molar-refractivity contribution is -0.384. The number of nitro groups is 1. The number of primary amides is 1. The monoisotopic (exact) mass is 280 g/mol. The van der Waals surface area contributed by atoms with E-state index in [1.165, 1.54) is 18.2 Å². The van der Waals surface area contributed by atoms with Gasteiger partial charge in [0, 0.05) is 24.7 Å². The summed E-state index contributed by atoms with van der Waals surface area (Å²) in [5.41, 5.74) is 5.51. The van der Waals surface area contributed by atoms with E-state index in [2.05, 4.69) is 24.1 Å². The van der Waals surface area contributed by atoms with Crippen molar-refractivity contribution in [3.05, 3.63) is 33.9 Å². The zero-order valence-corrected chi connectivity index (χ0v) is 11.8. The molecule has 0 saturated carbocycles. The minimum atomic E-state index is -0.678. The number of nitro benzene ring substituents is 1. The molecule has 0 atom stereocenters. The summed E-state index contributed by atoms with van der Waals surface area (Å²) in [6.45, 7) is 7.38. The van der Waals surface area contributed by atoms with Crippen LogP contribution >= 0.6 is 0 Å². The van der Waals surface area contributed by atoms with Gasteiger partial charge in [0.1, 0.15) is 5.69 Å². The third kappa shape index (κ3) is 4.20. The number of nitrogens with two attached hydrogens (primary N) is 1. The Bertz CT molecular complexity index is 487. The number of benzene rings is 1. The molecule has 110 valence electrons. The van der Waals surface area contributed by atoms with Crippen LogP contribution in [0.2, 0.25) is 0 Å². The fourth-order valence-electron chi connectivity index (χ4n) is 1.87. The van der Waals surface area contributed by atoms with Gasteiger partial charge in [-0.3, -0.25) is 14.9 Å². The largest absolute Gasteiger partial charge is 0.378 e. The lowest BCUT2D eigenvalue weighted by Crippen LogP contribution is -2.28. The van der Waals surface area contributed by atoms with Crippen molar-refractivity contribution in [1.29, 1.82) is 0 Å². The van der Waals surface area contributed by atoms with Gasteiger partial charge in [-0.1, -0.05) is 13.8 Å². The van der Waals surface area contributed by atoms with E-state index >= 15 is 0 Å². The lowest BCUT2D eigenvalue weighted by Gasteiger charge is -2.18. The Balaban J connectivity index is 2.79. The van der Waals surface area contributed by atoms with Gasteiger partial charge in [-0.05, 0) is 25.2 Å². The van der Waals surface area contributed by atoms with Gasteiger partial charge in [0.2, 0.25) is 5.91 Å². The molecule has 0 heterocycles. The van der Waals surface area contributed by atoms with Crippen molar-refractivity contribution in [3.8, 4) is 0 Å². The molecule has 0 unspecified atom stereocenters. The Labute approximate surface area is 117 Å². The predicted octanol–water partition coefficient (Wildman–Crippen LogP) is 1.45. The zero-order chi connectivity index (χ0) is 15.1. The first kappa shape index (κ1) is 15.9. The summed E-state index contributed by atoms with van der Waals surface area (Å²) in [5, 5.41) is 14.0. The molecule has 1 aromatic carbocycles. The van der Waals surface area contributed by atoms with Crippen molar-refractivity contribution in [3.63, 3.8) is 0 Å². The Morgan fingerprint density at radius 1 is 1.40 bits per heavy atom. The number of nitrogens with one attached hydrogen (secondary N) is 1. The van der Waals surface area contributed by atoms with E-state index in [1.54, 1.807) is 0 Å². The van der Waals surface area contributed by atoms with Gasteiger partial charge >= 0.3 is 0 Å². The molecule has 0 radical (unpaired) electrons. The van der Waals surface area contributed by atoms with Gasteiger partial charge in [0.25, 0.3) is 5.69 Å². The minimum absolute atomic E-state index is 0.131. The van der Waals surface area contributed by atoms with E-state index in [-0.39, 0.29) is 11.3 Å². The number of hydrogen-bond acceptors (Lipinski definition) is 5. The van der Waals surface area contributed by atoms with Crippen molar-refractivity contribution in [2.24, 2.45) is 5.73 Å². The smallest absolute Gasteiger partial charge is 0.293 e. The van der Waals surface area contributed by atoms with Crippen LogP contribution in [-0.4, -0.2) is 41.9 Å². The molecular formula is C13H20N4O3. The first-order valence-electron chi connectivity index (χ1n) is 6.54. The van der Waals surface area contributed by atoms with Crippen molar-refractivity contribution >= 4 is 17.3 Å². The average Bonchev–Trinajstić information content (AvgIpc) is 2.43. The highest BCUT2D eigenvalue weighted by molar-refractivity contribution is 5.94. The second-order valence-corrected chi connectivity index (χ2v) is 4.31. The maximum atomic E-state index is 11.0. The standard InChI is InChI=1S/C13H20N4O3/c1-3-16(4-2)8-7-15-11-6-5-10(13(14)18)9-12(11)17(19)20/h5-6,9,15H,3-4,7-8H2,1-2H3,(H2,14,18). The summed E-state index contributed by atoms with van der Waals surface area (Å²) >= 11 is 0. The van der Waals surface area contributed by atoms with Crippen LogP contribution in [-0.2, 0) is 0 Å². The molecule has 0 bridgehead atoms. The number of carbonyl (C=O) groups excluding carboxylic acids is 1. The highest BCUT2D eigenvalue weighted by Crippen LogP contribution is 2.25. The Hall–Kier alpha value is -2.15. The van der Waals surface area contributed by atoms with Crippen molar-refractivity contribution in [1.82, 2.24) is 4.90 Å². The number of carbonyl (C=O) groups is 1. The number of anilines is 1. The number of amides is 1. The summed E-state index contributed by atoms with van der Waals surface area (Å²) in [5.74, 6) is -0.678. The molecule has 7 heteroatoms. The molecule has 1 amide bonds. The van der Waals surface area contributed by atoms with E-state index in [0.29, 0.717) is 12.2 Å². The average molecular weight is 280 g/mol. The van der Waals surface area contributed by atoms with Gasteiger partial charge in [-0.25, -0.2) is 0 Å². The SMILES string of the molecule is CCN(CC)CCNc1ccc(C(N)=O)cc1[N+](=O)[O-]. The number of likely N-dealkylation sites (N-methyl/N-ethyl adjacent to an activating group) is 1. The van der Waals surface area contributed by atoms with Gasteiger partial charge < -0.3 is 16.0 Å². The molecule has 0 aliphatic rings. The fraction of sp³-hybridized carbons (Fsp3) is 0.462. The number of rotatable bonds is 8. The van der Waals surface area contributed by atoms with Crippen LogP contribution in [0.15, 0.2) is 18.2 Å². The van der Waals surface area contributed by atoms with Crippen LogP contribution in [0.3, 0.4) is 0 Å². The van der Waals surface area contributed by atoms with Crippen molar-refractivity contribution in [2.45, 2.75) is 13.8 Å². The molecule has 0 aliphatic carbocycles. The third-order valence-electron chi connectivity index (χ3n) is 3.12. The van der Waals surface area contributed by atoms with E-state index < -0.39 is 10.8 Å². The molecule has 0 aromatic heterocycles. The molecule has 7 nitrogen and oxygen atoms in total. The summed E-state index contributed by atoms with van der Waals surface area (Å²) < 4.78 is 0. The summed E-state index contributed by atoms with van der Waals surface area (Å²) in [4.78, 5) is 23.7. The number of nitrogens with zero attached hydrogens (tertiary/aromatic N) is 2. The Kier molecular flexibility index (Phi) is 5.92. The Morgan fingerprint density at radius 3 is 2.55 bits per heavy atom. The second kappa shape index (κ2) is 7.44. The summed E-state index contributed by atoms with van der Waals surface area (Å²) in [6.07, 6.45) is 0. The quantitative estimate of drug-likeness (QED) is 0.554. The lowest BCUT2D eigenvalue weighted by atomic mass is 10.1. The van der Waals surface area contributed by atoms with Crippen LogP contribution in [0.25, 0.3) is 0 Å². The normalized spacial score (nSPS) is 10.6. The fourth-order valence-corrected chi connectivity index (χ4v) is 1.87. The molecule has 1 rings (SSSR count). The van der Waals surface area contributed by atoms with Crippen LogP contribution in [0.1, 0.15) is 24.2 Å². The first-order chi connectivity index (χ1) is 9.49. The van der Waals surface area contributed by atoms with Crippen LogP contribution in [0.5, 0.6) is 0 Å². The van der Waals surface area contributed by atoms with E-state index in [4.69, 9.17) is 5.73 Å². The first-order valence-corrected chi connectivity index (χ1v) is 6.54. The highest BCUT2D eigenvalue weighted by atomic mass is 16.6. The van der Waals surface area contributed by atoms with E-state index in [9.17, 15) is 14.9 Å². The van der Waals surface area contributed by atoms with Crippen LogP contribution in [0, 0.1) is 10.1 Å². The maximum absolute atomic E-state index is 11.0. The topological polar surface area (TPSA) is 102 Å². The van der Waals surface area contributed by atoms with Gasteiger partial charge in [-0.2, -0.15) is 0 Å². The maximum Gasteiger partial charge on any atom is 0.293 e. The molecular weight excluding hydrogens is 260 g/mol. The van der Waals surface area contributed by atoms with Crippen LogP contribution < -0.4 is 11.1 Å². The molecule has 20 heavy (non-hydrogen) atoms. The molecule has 0 fully saturated rings. The number of hydrogen-bond donors (Lipinski definition) is 2. The van der Waals surface area contributed by atoms with Gasteiger partial charge in [0.15, 0.2) is 0 Å². The van der Waals surface area contributed by atoms with Gasteiger partial charge in [-0.15, -0.1) is 0 Å². The van der Waals surface area contributed by atoms with Crippen molar-refractivity contribution in [2.75, 3.05) is 31.5 Å². The molecule has 3 N–H and O–H groups in total. The third-order valence-corrected chi connectivity index (χ3v) is 3.12. The summed E-state index contributed by atoms with van der Waals surface area (Å²) in [7, 11) is 0. The molecule has 0 spiro atoms. The zero-order valence-electron chi connectivity index (χ0n) is 11.8. The highest BCUT2D eigenvalue weighted by Gasteiger charge is 2.16. The minimum Gasteiger partial charge on any atom is -0.378 e. The van der Waals surface area contributed by atoms with Crippen LogP contribution in [0.4, 0.5) is 11.4 Å². The summed E-state index contributed by atoms with van der Waals surface area (Å²) in [6, 6.07) is 4.19.